The number of likely N-dealkylation sites (tertiary alicyclic amines) is 2. The molecule has 0 amide bonds. The standard InChI is InChI=1S/C16H30N2O2/c1-13(2)17-11-7-15(8-12-17)18-9-5-14(6-10-18)3-4-16(19)20/h13-15H,3-12H2,1-2H3,(H,19,20). The van der Waals surface area contributed by atoms with E-state index in [1.807, 2.05) is 0 Å². The molecular weight excluding hydrogens is 252 g/mol. The van der Waals surface area contributed by atoms with Crippen LogP contribution in [0.15, 0.2) is 0 Å². The molecule has 116 valence electrons. The van der Waals surface area contributed by atoms with Crippen LogP contribution >= 0.6 is 0 Å². The quantitative estimate of drug-likeness (QED) is 0.841. The molecule has 2 saturated heterocycles. The van der Waals surface area contributed by atoms with E-state index in [9.17, 15) is 4.79 Å². The Morgan fingerprint density at radius 3 is 2.20 bits per heavy atom. The van der Waals surface area contributed by atoms with Gasteiger partial charge in [0.25, 0.3) is 0 Å². The first-order valence-electron chi connectivity index (χ1n) is 8.26. The van der Waals surface area contributed by atoms with E-state index in [1.165, 1.54) is 51.9 Å². The minimum absolute atomic E-state index is 0.345. The highest BCUT2D eigenvalue weighted by atomic mass is 16.4. The normalized spacial score (nSPS) is 24.4. The van der Waals surface area contributed by atoms with Gasteiger partial charge >= 0.3 is 5.97 Å². The summed E-state index contributed by atoms with van der Waals surface area (Å²) in [6.45, 7) is 9.40. The van der Waals surface area contributed by atoms with Gasteiger partial charge in [-0.2, -0.15) is 0 Å². The first kappa shape index (κ1) is 15.8. The predicted molar refractivity (Wildman–Crippen MR) is 80.9 cm³/mol. The number of rotatable bonds is 5. The average Bonchev–Trinajstić information content (AvgIpc) is 2.46. The van der Waals surface area contributed by atoms with E-state index >= 15 is 0 Å². The lowest BCUT2D eigenvalue weighted by Crippen LogP contribution is -2.49. The van der Waals surface area contributed by atoms with Crippen LogP contribution in [-0.2, 0) is 4.79 Å². The number of hydrogen-bond donors (Lipinski definition) is 1. The molecule has 0 spiro atoms. The summed E-state index contributed by atoms with van der Waals surface area (Å²) in [4.78, 5) is 15.9. The van der Waals surface area contributed by atoms with Crippen molar-refractivity contribution >= 4 is 5.97 Å². The Hall–Kier alpha value is -0.610. The molecule has 1 N–H and O–H groups in total. The number of aliphatic carboxylic acids is 1. The van der Waals surface area contributed by atoms with E-state index in [1.54, 1.807) is 0 Å². The van der Waals surface area contributed by atoms with Crippen LogP contribution in [0.4, 0.5) is 0 Å². The summed E-state index contributed by atoms with van der Waals surface area (Å²) in [5, 5.41) is 8.75. The van der Waals surface area contributed by atoms with Crippen molar-refractivity contribution in [1.29, 1.82) is 0 Å². The van der Waals surface area contributed by atoms with Crippen molar-refractivity contribution < 1.29 is 9.90 Å². The fourth-order valence-electron chi connectivity index (χ4n) is 3.70. The molecule has 0 aliphatic carbocycles. The topological polar surface area (TPSA) is 43.8 Å². The molecule has 0 aromatic heterocycles. The number of carboxylic acid groups (broad SMARTS) is 1. The highest BCUT2D eigenvalue weighted by Gasteiger charge is 2.28. The van der Waals surface area contributed by atoms with Gasteiger partial charge in [0.15, 0.2) is 0 Å². The van der Waals surface area contributed by atoms with Crippen molar-refractivity contribution in [2.45, 2.75) is 64.5 Å². The molecule has 2 heterocycles. The van der Waals surface area contributed by atoms with Crippen LogP contribution in [0.3, 0.4) is 0 Å². The summed E-state index contributed by atoms with van der Waals surface area (Å²) in [6, 6.07) is 1.45. The molecule has 2 fully saturated rings. The second-order valence-electron chi connectivity index (χ2n) is 6.77. The summed E-state index contributed by atoms with van der Waals surface area (Å²) in [6.07, 6.45) is 6.21. The predicted octanol–water partition coefficient (Wildman–Crippen LogP) is 2.44. The maximum atomic E-state index is 10.6. The van der Waals surface area contributed by atoms with Gasteiger partial charge in [-0.15, -0.1) is 0 Å². The fraction of sp³-hybridized carbons (Fsp3) is 0.938. The molecule has 2 rings (SSSR count). The third-order valence-corrected chi connectivity index (χ3v) is 5.16. The minimum Gasteiger partial charge on any atom is -0.481 e. The van der Waals surface area contributed by atoms with Gasteiger partial charge in [0.1, 0.15) is 0 Å². The van der Waals surface area contributed by atoms with Gasteiger partial charge in [-0.25, -0.2) is 0 Å². The maximum Gasteiger partial charge on any atom is 0.303 e. The SMILES string of the molecule is CC(C)N1CCC(N2CCC(CCC(=O)O)CC2)CC1. The van der Waals surface area contributed by atoms with Crippen LogP contribution in [-0.4, -0.2) is 59.1 Å². The highest BCUT2D eigenvalue weighted by Crippen LogP contribution is 2.26. The lowest BCUT2D eigenvalue weighted by atomic mass is 9.90. The summed E-state index contributed by atoms with van der Waals surface area (Å²) >= 11 is 0. The third-order valence-electron chi connectivity index (χ3n) is 5.16. The Morgan fingerprint density at radius 1 is 1.10 bits per heavy atom. The number of hydrogen-bond acceptors (Lipinski definition) is 3. The molecule has 4 heteroatoms. The maximum absolute atomic E-state index is 10.6. The summed E-state index contributed by atoms with van der Waals surface area (Å²) in [5.41, 5.74) is 0. The van der Waals surface area contributed by atoms with Gasteiger partial charge in [0.05, 0.1) is 0 Å². The van der Waals surface area contributed by atoms with Gasteiger partial charge in [-0.05, 0) is 78.0 Å². The van der Waals surface area contributed by atoms with Gasteiger partial charge in [0.2, 0.25) is 0 Å². The monoisotopic (exact) mass is 282 g/mol. The second kappa shape index (κ2) is 7.41. The fourth-order valence-corrected chi connectivity index (χ4v) is 3.70. The van der Waals surface area contributed by atoms with Gasteiger partial charge < -0.3 is 14.9 Å². The van der Waals surface area contributed by atoms with E-state index in [-0.39, 0.29) is 0 Å². The molecule has 0 saturated carbocycles. The molecule has 0 unspecified atom stereocenters. The smallest absolute Gasteiger partial charge is 0.303 e. The average molecular weight is 282 g/mol. The number of carboxylic acids is 1. The van der Waals surface area contributed by atoms with Crippen molar-refractivity contribution in [3.8, 4) is 0 Å². The van der Waals surface area contributed by atoms with E-state index < -0.39 is 5.97 Å². The molecule has 0 bridgehead atoms. The van der Waals surface area contributed by atoms with Crippen LogP contribution in [0.2, 0.25) is 0 Å². The minimum atomic E-state index is -0.645. The lowest BCUT2D eigenvalue weighted by molar-refractivity contribution is -0.137. The largest absolute Gasteiger partial charge is 0.481 e. The molecule has 2 aliphatic rings. The zero-order valence-electron chi connectivity index (χ0n) is 13.1. The van der Waals surface area contributed by atoms with Crippen molar-refractivity contribution in [3.05, 3.63) is 0 Å². The molecular formula is C16H30N2O2. The zero-order chi connectivity index (χ0) is 14.5. The highest BCUT2D eigenvalue weighted by molar-refractivity contribution is 5.66. The van der Waals surface area contributed by atoms with Gasteiger partial charge in [-0.1, -0.05) is 0 Å². The van der Waals surface area contributed by atoms with Crippen molar-refractivity contribution in [1.82, 2.24) is 9.80 Å². The van der Waals surface area contributed by atoms with E-state index in [2.05, 4.69) is 23.6 Å². The van der Waals surface area contributed by atoms with Gasteiger partial charge in [-0.3, -0.25) is 4.79 Å². The lowest BCUT2D eigenvalue weighted by Gasteiger charge is -2.42. The molecule has 0 aromatic carbocycles. The second-order valence-corrected chi connectivity index (χ2v) is 6.77. The zero-order valence-corrected chi connectivity index (χ0v) is 13.1. The van der Waals surface area contributed by atoms with Crippen LogP contribution in [0.25, 0.3) is 0 Å². The van der Waals surface area contributed by atoms with Gasteiger partial charge in [0, 0.05) is 18.5 Å². The molecule has 20 heavy (non-hydrogen) atoms. The Labute approximate surface area is 123 Å². The van der Waals surface area contributed by atoms with E-state index in [4.69, 9.17) is 5.11 Å². The van der Waals surface area contributed by atoms with Crippen molar-refractivity contribution in [2.24, 2.45) is 5.92 Å². The Bertz CT molecular complexity index is 304. The van der Waals surface area contributed by atoms with E-state index in [0.717, 1.165) is 12.5 Å². The molecule has 0 atom stereocenters. The number of nitrogens with zero attached hydrogens (tertiary/aromatic N) is 2. The summed E-state index contributed by atoms with van der Waals surface area (Å²) < 4.78 is 0. The molecule has 2 aliphatic heterocycles. The first-order valence-corrected chi connectivity index (χ1v) is 8.26. The van der Waals surface area contributed by atoms with Crippen LogP contribution in [0.1, 0.15) is 52.4 Å². The third kappa shape index (κ3) is 4.45. The number of carbonyl (C=O) groups is 1. The number of piperidine rings is 2. The molecule has 4 nitrogen and oxygen atoms in total. The first-order chi connectivity index (χ1) is 9.56. The Balaban J connectivity index is 1.68. The van der Waals surface area contributed by atoms with Crippen molar-refractivity contribution in [3.63, 3.8) is 0 Å². The van der Waals surface area contributed by atoms with Crippen LogP contribution < -0.4 is 0 Å². The Morgan fingerprint density at radius 2 is 1.70 bits per heavy atom. The van der Waals surface area contributed by atoms with E-state index in [0.29, 0.717) is 18.4 Å². The van der Waals surface area contributed by atoms with Crippen molar-refractivity contribution in [2.75, 3.05) is 26.2 Å². The molecule has 0 radical (unpaired) electrons. The molecule has 0 aromatic rings. The summed E-state index contributed by atoms with van der Waals surface area (Å²) in [7, 11) is 0. The summed E-state index contributed by atoms with van der Waals surface area (Å²) in [5.74, 6) is -0.00779. The Kier molecular flexibility index (Phi) is 5.85. The van der Waals surface area contributed by atoms with Crippen LogP contribution in [0, 0.1) is 5.92 Å². The van der Waals surface area contributed by atoms with Crippen LogP contribution in [0.5, 0.6) is 0 Å².